The molecule has 2 amide bonds. The van der Waals surface area contributed by atoms with Crippen LogP contribution in [-0.2, 0) is 15.8 Å². The predicted molar refractivity (Wildman–Crippen MR) is 117 cm³/mol. The number of carbonyl (C=O) groups is 3. The summed E-state index contributed by atoms with van der Waals surface area (Å²) in [7, 11) is 0. The Balaban J connectivity index is 1.96. The van der Waals surface area contributed by atoms with E-state index in [0.717, 1.165) is 12.1 Å². The second kappa shape index (κ2) is 8.21. The molecule has 2 aliphatic rings. The maximum absolute atomic E-state index is 14.8. The van der Waals surface area contributed by atoms with Gasteiger partial charge in [0.1, 0.15) is 0 Å². The van der Waals surface area contributed by atoms with Crippen LogP contribution in [0.1, 0.15) is 42.6 Å². The van der Waals surface area contributed by atoms with E-state index in [1.807, 2.05) is 0 Å². The number of hydrogen-bond donors (Lipinski definition) is 1. The molecule has 2 aromatic rings. The highest BCUT2D eigenvalue weighted by Gasteiger charge is 2.72. The third-order valence-electron chi connectivity index (χ3n) is 6.22. The lowest BCUT2D eigenvalue weighted by Crippen LogP contribution is -2.66. The van der Waals surface area contributed by atoms with Crippen molar-refractivity contribution in [2.75, 3.05) is 4.90 Å². The first-order valence-electron chi connectivity index (χ1n) is 10.8. The largest absolute Gasteiger partial charge is 0.425 e. The molecule has 1 aliphatic heterocycles. The first-order chi connectivity index (χ1) is 16.6. The van der Waals surface area contributed by atoms with E-state index in [4.69, 9.17) is 0 Å². The first kappa shape index (κ1) is 25.5. The molecule has 0 saturated carbocycles. The summed E-state index contributed by atoms with van der Waals surface area (Å²) in [6.45, 7) is 3.19. The molecule has 1 N–H and O–H groups in total. The average molecular weight is 510 g/mol. The Morgan fingerprint density at radius 1 is 0.917 bits per heavy atom. The summed E-state index contributed by atoms with van der Waals surface area (Å²) < 4.78 is 84.5. The highest BCUT2D eigenvalue weighted by atomic mass is 19.4. The molecular formula is C25H20F6N2O3. The van der Waals surface area contributed by atoms with Crippen LogP contribution in [0.3, 0.4) is 0 Å². The van der Waals surface area contributed by atoms with Crippen molar-refractivity contribution in [3.05, 3.63) is 77.0 Å². The minimum absolute atomic E-state index is 0.197. The molecule has 36 heavy (non-hydrogen) atoms. The number of anilines is 1. The molecule has 0 spiro atoms. The minimum atomic E-state index is -5.48. The smallest absolute Gasteiger partial charge is 0.326 e. The third kappa shape index (κ3) is 4.06. The molecule has 0 bridgehead atoms. The van der Waals surface area contributed by atoms with Crippen molar-refractivity contribution in [3.63, 3.8) is 0 Å². The van der Waals surface area contributed by atoms with Crippen LogP contribution in [0.25, 0.3) is 0 Å². The van der Waals surface area contributed by atoms with Gasteiger partial charge in [-0.25, -0.2) is 0 Å². The number of alkyl halides is 6. The molecule has 5 nitrogen and oxygen atoms in total. The van der Waals surface area contributed by atoms with Crippen molar-refractivity contribution in [2.45, 2.75) is 44.6 Å². The van der Waals surface area contributed by atoms with Crippen molar-refractivity contribution in [1.29, 1.82) is 0 Å². The number of ketones is 1. The number of rotatable bonds is 3. The van der Waals surface area contributed by atoms with Gasteiger partial charge in [0.05, 0.1) is 11.1 Å². The van der Waals surface area contributed by atoms with Gasteiger partial charge in [0.25, 0.3) is 11.8 Å². The van der Waals surface area contributed by atoms with Gasteiger partial charge >= 0.3 is 12.4 Å². The Labute approximate surface area is 201 Å². The zero-order valence-electron chi connectivity index (χ0n) is 19.1. The highest BCUT2D eigenvalue weighted by molar-refractivity contribution is 6.21. The Kier molecular flexibility index (Phi) is 5.81. The SMILES string of the molecule is CC1(C)CC(=O)C2=C(C1)N(c1cccc(C(F)(F)F)c1)C(=O)[C@]2(NC(=O)c1ccccc1)C(F)(F)F. The Hall–Kier alpha value is -3.63. The standard InChI is InChI=1S/C25H20F6N2O3/c1-22(2)12-17-19(18(34)13-22)23(25(29,30)31,32-20(35)14-7-4-3-5-8-14)21(36)33(17)16-10-6-9-15(11-16)24(26,27)28/h3-11H,12-13H2,1-2H3,(H,32,35)/t23-/m0/s1. The Morgan fingerprint density at radius 3 is 2.14 bits per heavy atom. The van der Waals surface area contributed by atoms with Gasteiger partial charge in [-0.1, -0.05) is 38.1 Å². The van der Waals surface area contributed by atoms with Crippen LogP contribution in [0.4, 0.5) is 32.0 Å². The lowest BCUT2D eigenvalue weighted by molar-refractivity contribution is -0.186. The quantitative estimate of drug-likeness (QED) is 0.561. The molecule has 0 fully saturated rings. The van der Waals surface area contributed by atoms with E-state index in [-0.39, 0.29) is 24.1 Å². The van der Waals surface area contributed by atoms with Crippen LogP contribution in [0, 0.1) is 5.41 Å². The van der Waals surface area contributed by atoms with Crippen molar-refractivity contribution < 1.29 is 40.7 Å². The van der Waals surface area contributed by atoms with E-state index in [9.17, 15) is 40.7 Å². The molecular weight excluding hydrogens is 490 g/mol. The summed E-state index contributed by atoms with van der Waals surface area (Å²) in [5, 5.41) is 1.74. The summed E-state index contributed by atoms with van der Waals surface area (Å²) >= 11 is 0. The topological polar surface area (TPSA) is 66.5 Å². The van der Waals surface area contributed by atoms with Crippen LogP contribution in [-0.4, -0.2) is 29.3 Å². The van der Waals surface area contributed by atoms with Gasteiger partial charge < -0.3 is 5.32 Å². The molecule has 190 valence electrons. The van der Waals surface area contributed by atoms with Gasteiger partial charge in [0, 0.05) is 23.4 Å². The summed E-state index contributed by atoms with van der Waals surface area (Å²) in [4.78, 5) is 40.2. The normalized spacial score (nSPS) is 22.1. The van der Waals surface area contributed by atoms with Gasteiger partial charge in [-0.15, -0.1) is 0 Å². The van der Waals surface area contributed by atoms with Crippen molar-refractivity contribution in [3.8, 4) is 0 Å². The molecule has 2 aromatic carbocycles. The van der Waals surface area contributed by atoms with Crippen LogP contribution < -0.4 is 10.2 Å². The third-order valence-corrected chi connectivity index (χ3v) is 6.22. The van der Waals surface area contributed by atoms with Gasteiger partial charge in [0.2, 0.25) is 5.54 Å². The van der Waals surface area contributed by atoms with Crippen molar-refractivity contribution >= 4 is 23.3 Å². The van der Waals surface area contributed by atoms with E-state index in [1.165, 1.54) is 30.3 Å². The number of nitrogens with one attached hydrogen (secondary N) is 1. The molecule has 11 heteroatoms. The first-order valence-corrected chi connectivity index (χ1v) is 10.8. The average Bonchev–Trinajstić information content (AvgIpc) is 3.01. The summed E-state index contributed by atoms with van der Waals surface area (Å²) in [6, 6.07) is 10.0. The number of amides is 2. The fourth-order valence-electron chi connectivity index (χ4n) is 4.68. The molecule has 0 unspecified atom stereocenters. The maximum Gasteiger partial charge on any atom is 0.425 e. The lowest BCUT2D eigenvalue weighted by Gasteiger charge is -2.35. The number of Topliss-reactive ketones (excluding diaryl/α,β-unsaturated/α-hetero) is 1. The van der Waals surface area contributed by atoms with Gasteiger partial charge in [0.15, 0.2) is 5.78 Å². The predicted octanol–water partition coefficient (Wildman–Crippen LogP) is 5.43. The van der Waals surface area contributed by atoms with Gasteiger partial charge in [-0.3, -0.25) is 19.3 Å². The fraction of sp³-hybridized carbons (Fsp3) is 0.320. The summed E-state index contributed by atoms with van der Waals surface area (Å²) in [6.07, 6.45) is -10.9. The summed E-state index contributed by atoms with van der Waals surface area (Å²) in [5.41, 5.74) is -7.88. The number of nitrogens with zero attached hydrogens (tertiary/aromatic N) is 1. The van der Waals surface area contributed by atoms with E-state index >= 15 is 0 Å². The van der Waals surface area contributed by atoms with E-state index in [0.29, 0.717) is 17.0 Å². The zero-order chi connectivity index (χ0) is 26.7. The van der Waals surface area contributed by atoms with Crippen LogP contribution in [0.2, 0.25) is 0 Å². The van der Waals surface area contributed by atoms with Crippen LogP contribution in [0.15, 0.2) is 65.9 Å². The number of hydrogen-bond acceptors (Lipinski definition) is 3. The molecule has 0 aromatic heterocycles. The molecule has 1 aliphatic carbocycles. The van der Waals surface area contributed by atoms with Crippen molar-refractivity contribution in [2.24, 2.45) is 5.41 Å². The van der Waals surface area contributed by atoms with E-state index in [1.54, 1.807) is 19.2 Å². The maximum atomic E-state index is 14.8. The second-order valence-electron chi connectivity index (χ2n) is 9.52. The number of benzene rings is 2. The molecule has 1 atom stereocenters. The molecule has 0 radical (unpaired) electrons. The zero-order valence-corrected chi connectivity index (χ0v) is 19.1. The highest BCUT2D eigenvalue weighted by Crippen LogP contribution is 2.53. The minimum Gasteiger partial charge on any atom is -0.326 e. The van der Waals surface area contributed by atoms with Crippen LogP contribution >= 0.6 is 0 Å². The second-order valence-corrected chi connectivity index (χ2v) is 9.52. The Bertz CT molecular complexity index is 1280. The van der Waals surface area contributed by atoms with E-state index < -0.39 is 57.7 Å². The number of carbonyl (C=O) groups excluding carboxylic acids is 3. The van der Waals surface area contributed by atoms with E-state index in [2.05, 4.69) is 0 Å². The molecule has 0 saturated heterocycles. The molecule has 4 rings (SSSR count). The monoisotopic (exact) mass is 510 g/mol. The fourth-order valence-corrected chi connectivity index (χ4v) is 4.68. The number of allylic oxidation sites excluding steroid dienone is 1. The van der Waals surface area contributed by atoms with Crippen LogP contribution in [0.5, 0.6) is 0 Å². The van der Waals surface area contributed by atoms with Crippen molar-refractivity contribution in [1.82, 2.24) is 5.32 Å². The summed E-state index contributed by atoms with van der Waals surface area (Å²) in [5.74, 6) is -4.05. The molecule has 1 heterocycles. The number of halogens is 6. The van der Waals surface area contributed by atoms with Gasteiger partial charge in [-0.2, -0.15) is 26.3 Å². The Morgan fingerprint density at radius 2 is 1.56 bits per heavy atom. The van der Waals surface area contributed by atoms with Gasteiger partial charge in [-0.05, 0) is 42.2 Å². The lowest BCUT2D eigenvalue weighted by atomic mass is 9.72.